The maximum Gasteiger partial charge on any atom is 0.232 e. The molecule has 2 nitrogen and oxygen atoms in total. The molecule has 3 rings (SSSR count). The van der Waals surface area contributed by atoms with E-state index in [0.29, 0.717) is 0 Å². The Morgan fingerprint density at radius 2 is 2.19 bits per heavy atom. The Morgan fingerprint density at radius 1 is 1.38 bits per heavy atom. The third kappa shape index (κ3) is 1.58. The Bertz CT molecular complexity index is 440. The molecule has 1 unspecified atom stereocenters. The molecule has 1 N–H and O–H groups in total. The molecule has 0 radical (unpaired) electrons. The Labute approximate surface area is 104 Å². The number of halogens is 1. The molecule has 0 aromatic heterocycles. The number of fused-ring (bicyclic) bond motifs is 1. The van der Waals surface area contributed by atoms with Gasteiger partial charge in [-0.1, -0.05) is 31.4 Å². The lowest BCUT2D eigenvalue weighted by molar-refractivity contribution is -0.117. The molecule has 0 spiro atoms. The number of anilines is 1. The lowest BCUT2D eigenvalue weighted by atomic mass is 9.77. The number of hydrogen-bond acceptors (Lipinski definition) is 1. The summed E-state index contributed by atoms with van der Waals surface area (Å²) in [6.07, 6.45) is 4.96. The predicted molar refractivity (Wildman–Crippen MR) is 67.5 cm³/mol. The van der Waals surface area contributed by atoms with Crippen LogP contribution in [0.3, 0.4) is 0 Å². The van der Waals surface area contributed by atoms with E-state index >= 15 is 0 Å². The minimum absolute atomic E-state index is 0.0813. The minimum Gasteiger partial charge on any atom is -0.324 e. The second-order valence-electron chi connectivity index (χ2n) is 4.78. The number of amides is 1. The molecule has 1 heterocycles. The van der Waals surface area contributed by atoms with Crippen molar-refractivity contribution in [1.29, 1.82) is 0 Å². The van der Waals surface area contributed by atoms with Crippen LogP contribution in [0.25, 0.3) is 0 Å². The van der Waals surface area contributed by atoms with Crippen molar-refractivity contribution in [3.63, 3.8) is 0 Å². The third-order valence-corrected chi connectivity index (χ3v) is 4.44. The van der Waals surface area contributed by atoms with Crippen LogP contribution >= 0.6 is 15.9 Å². The van der Waals surface area contributed by atoms with Gasteiger partial charge in [-0.3, -0.25) is 4.79 Å². The fraction of sp³-hybridized carbons (Fsp3) is 0.462. The molecule has 1 amide bonds. The standard InChI is InChI=1S/C13H14BrNO/c14-11-6-2-5-9-10(7-8-3-1-4-8)13(16)15-12(9)11/h2,5-6,8,10H,1,3-4,7H2,(H,15,16). The van der Waals surface area contributed by atoms with Crippen molar-refractivity contribution in [2.75, 3.05) is 5.32 Å². The summed E-state index contributed by atoms with van der Waals surface area (Å²) < 4.78 is 0.995. The van der Waals surface area contributed by atoms with Gasteiger partial charge in [0.1, 0.15) is 0 Å². The van der Waals surface area contributed by atoms with Gasteiger partial charge < -0.3 is 5.32 Å². The van der Waals surface area contributed by atoms with Gasteiger partial charge in [-0.15, -0.1) is 0 Å². The summed E-state index contributed by atoms with van der Waals surface area (Å²) in [6.45, 7) is 0. The monoisotopic (exact) mass is 279 g/mol. The second kappa shape index (κ2) is 3.88. The van der Waals surface area contributed by atoms with Gasteiger partial charge in [0.2, 0.25) is 5.91 Å². The summed E-state index contributed by atoms with van der Waals surface area (Å²) in [4.78, 5) is 11.9. The highest BCUT2D eigenvalue weighted by Gasteiger charge is 2.34. The van der Waals surface area contributed by atoms with Gasteiger partial charge >= 0.3 is 0 Å². The summed E-state index contributed by atoms with van der Waals surface area (Å²) in [7, 11) is 0. The largest absolute Gasteiger partial charge is 0.324 e. The molecule has 1 saturated carbocycles. The highest BCUT2D eigenvalue weighted by atomic mass is 79.9. The van der Waals surface area contributed by atoms with Crippen molar-refractivity contribution in [2.45, 2.75) is 31.6 Å². The highest BCUT2D eigenvalue weighted by molar-refractivity contribution is 9.10. The maximum atomic E-state index is 11.9. The molecule has 0 bridgehead atoms. The number of rotatable bonds is 2. The Morgan fingerprint density at radius 3 is 2.88 bits per heavy atom. The highest BCUT2D eigenvalue weighted by Crippen LogP contribution is 2.43. The Kier molecular flexibility index (Phi) is 2.51. The summed E-state index contributed by atoms with van der Waals surface area (Å²) in [5, 5.41) is 2.98. The molecule has 3 heteroatoms. The molecule has 1 atom stereocenters. The second-order valence-corrected chi connectivity index (χ2v) is 5.63. The van der Waals surface area contributed by atoms with E-state index in [-0.39, 0.29) is 11.8 Å². The molecule has 1 aromatic carbocycles. The molecular weight excluding hydrogens is 266 g/mol. The van der Waals surface area contributed by atoms with Gasteiger partial charge in [0, 0.05) is 4.47 Å². The van der Waals surface area contributed by atoms with Crippen LogP contribution < -0.4 is 5.32 Å². The molecule has 1 aliphatic carbocycles. The van der Waals surface area contributed by atoms with E-state index in [9.17, 15) is 4.79 Å². The zero-order valence-electron chi connectivity index (χ0n) is 9.00. The first-order valence-corrected chi connectivity index (χ1v) is 6.64. The molecule has 2 aliphatic rings. The van der Waals surface area contributed by atoms with E-state index in [0.717, 1.165) is 22.5 Å². The van der Waals surface area contributed by atoms with E-state index in [1.807, 2.05) is 12.1 Å². The summed E-state index contributed by atoms with van der Waals surface area (Å²) >= 11 is 3.48. The first kappa shape index (κ1) is 10.3. The van der Waals surface area contributed by atoms with E-state index in [1.54, 1.807) is 0 Å². The maximum absolute atomic E-state index is 11.9. The van der Waals surface area contributed by atoms with Gasteiger partial charge in [-0.25, -0.2) is 0 Å². The summed E-state index contributed by atoms with van der Waals surface area (Å²) in [6, 6.07) is 6.06. The van der Waals surface area contributed by atoms with Crippen LogP contribution in [0.2, 0.25) is 0 Å². The van der Waals surface area contributed by atoms with Crippen LogP contribution in [-0.2, 0) is 4.79 Å². The fourth-order valence-corrected chi connectivity index (χ4v) is 3.09. The lowest BCUT2D eigenvalue weighted by Crippen LogP contribution is -2.19. The first-order valence-electron chi connectivity index (χ1n) is 5.85. The first-order chi connectivity index (χ1) is 7.75. The van der Waals surface area contributed by atoms with Gasteiger partial charge in [-0.2, -0.15) is 0 Å². The number of para-hydroxylation sites is 1. The molecular formula is C13H14BrNO. The quantitative estimate of drug-likeness (QED) is 0.879. The lowest BCUT2D eigenvalue weighted by Gasteiger charge is -2.27. The summed E-state index contributed by atoms with van der Waals surface area (Å²) in [5.41, 5.74) is 2.16. The molecule has 0 saturated heterocycles. The van der Waals surface area contributed by atoms with E-state index in [2.05, 4.69) is 27.3 Å². The van der Waals surface area contributed by atoms with Crippen LogP contribution in [0.4, 0.5) is 5.69 Å². The third-order valence-electron chi connectivity index (χ3n) is 3.78. The van der Waals surface area contributed by atoms with Crippen LogP contribution in [-0.4, -0.2) is 5.91 Å². The normalized spacial score (nSPS) is 23.8. The number of carbonyl (C=O) groups is 1. The predicted octanol–water partition coefficient (Wildman–Crippen LogP) is 3.68. The van der Waals surface area contributed by atoms with Gasteiger partial charge in [0.15, 0.2) is 0 Å². The average molecular weight is 280 g/mol. The topological polar surface area (TPSA) is 29.1 Å². The molecule has 16 heavy (non-hydrogen) atoms. The van der Waals surface area contributed by atoms with Crippen LogP contribution in [0.1, 0.15) is 37.2 Å². The van der Waals surface area contributed by atoms with Crippen molar-refractivity contribution >= 4 is 27.5 Å². The SMILES string of the molecule is O=C1Nc2c(Br)cccc2C1CC1CCC1. The van der Waals surface area contributed by atoms with Gasteiger partial charge in [-0.05, 0) is 39.9 Å². The van der Waals surface area contributed by atoms with Crippen LogP contribution in [0.15, 0.2) is 22.7 Å². The van der Waals surface area contributed by atoms with Gasteiger partial charge in [0.25, 0.3) is 0 Å². The zero-order valence-corrected chi connectivity index (χ0v) is 10.6. The number of benzene rings is 1. The molecule has 1 aromatic rings. The van der Waals surface area contributed by atoms with E-state index in [4.69, 9.17) is 0 Å². The van der Waals surface area contributed by atoms with Crippen molar-refractivity contribution in [3.05, 3.63) is 28.2 Å². The number of nitrogens with one attached hydrogen (secondary N) is 1. The summed E-state index contributed by atoms with van der Waals surface area (Å²) in [5.74, 6) is 1.02. The average Bonchev–Trinajstić information content (AvgIpc) is 2.51. The minimum atomic E-state index is 0.0813. The zero-order chi connectivity index (χ0) is 11.1. The molecule has 84 valence electrons. The van der Waals surface area contributed by atoms with E-state index < -0.39 is 0 Å². The van der Waals surface area contributed by atoms with Crippen LogP contribution in [0.5, 0.6) is 0 Å². The van der Waals surface area contributed by atoms with Crippen molar-refractivity contribution in [3.8, 4) is 0 Å². The molecule has 1 fully saturated rings. The van der Waals surface area contributed by atoms with Crippen molar-refractivity contribution < 1.29 is 4.79 Å². The Balaban J connectivity index is 1.89. The number of carbonyl (C=O) groups excluding carboxylic acids is 1. The fourth-order valence-electron chi connectivity index (χ4n) is 2.61. The Hall–Kier alpha value is -0.830. The number of hydrogen-bond donors (Lipinski definition) is 1. The van der Waals surface area contributed by atoms with Crippen molar-refractivity contribution in [1.82, 2.24) is 0 Å². The van der Waals surface area contributed by atoms with Crippen LogP contribution in [0, 0.1) is 5.92 Å². The smallest absolute Gasteiger partial charge is 0.232 e. The van der Waals surface area contributed by atoms with E-state index in [1.165, 1.54) is 24.8 Å². The molecule has 1 aliphatic heterocycles. The van der Waals surface area contributed by atoms with Crippen molar-refractivity contribution in [2.24, 2.45) is 5.92 Å². The van der Waals surface area contributed by atoms with Gasteiger partial charge in [0.05, 0.1) is 11.6 Å².